The Labute approximate surface area is 90.6 Å². The van der Waals surface area contributed by atoms with Gasteiger partial charge in [-0.25, -0.2) is 0 Å². The van der Waals surface area contributed by atoms with E-state index in [0.29, 0.717) is 0 Å². The van der Waals surface area contributed by atoms with Crippen LogP contribution in [0, 0.1) is 0 Å². The molecule has 0 radical (unpaired) electrons. The number of halogens is 3. The first-order valence-corrected chi connectivity index (χ1v) is 4.65. The van der Waals surface area contributed by atoms with Gasteiger partial charge in [0.15, 0.2) is 11.4 Å². The number of ether oxygens (including phenoxy) is 1. The summed E-state index contributed by atoms with van der Waals surface area (Å²) in [6.45, 7) is -0.107. The minimum atomic E-state index is -4.42. The van der Waals surface area contributed by atoms with Gasteiger partial charge in [-0.3, -0.25) is 4.90 Å². The molecule has 1 fully saturated rings. The van der Waals surface area contributed by atoms with Crippen molar-refractivity contribution >= 4 is 5.84 Å². The van der Waals surface area contributed by atoms with Crippen molar-refractivity contribution in [3.8, 4) is 0 Å². The predicted octanol–water partition coefficient (Wildman–Crippen LogP) is 0.386. The van der Waals surface area contributed by atoms with Crippen LogP contribution in [-0.4, -0.2) is 54.5 Å². The van der Waals surface area contributed by atoms with Crippen molar-refractivity contribution in [3.63, 3.8) is 0 Å². The van der Waals surface area contributed by atoms with E-state index in [9.17, 15) is 13.2 Å². The van der Waals surface area contributed by atoms with Gasteiger partial charge >= 0.3 is 6.18 Å². The number of methoxy groups -OCH3 is 1. The normalized spacial score (nSPS) is 28.6. The second kappa shape index (κ2) is 4.46. The summed E-state index contributed by atoms with van der Waals surface area (Å²) in [5, 5.41) is 11.0. The quantitative estimate of drug-likeness (QED) is 0.324. The molecule has 0 unspecified atom stereocenters. The summed E-state index contributed by atoms with van der Waals surface area (Å²) < 4.78 is 42.8. The maximum Gasteiger partial charge on any atom is 0.418 e. The highest BCUT2D eigenvalue weighted by Crippen LogP contribution is 2.40. The SMILES string of the molecule is CO[C@]1(C(F)(F)F)CCN(CC(N)=NO)C1. The highest BCUT2D eigenvalue weighted by molar-refractivity contribution is 5.81. The second-order valence-electron chi connectivity index (χ2n) is 3.75. The van der Waals surface area contributed by atoms with Crippen molar-refractivity contribution in [2.45, 2.75) is 18.2 Å². The Kier molecular flexibility index (Phi) is 3.64. The zero-order valence-electron chi connectivity index (χ0n) is 8.79. The monoisotopic (exact) mass is 241 g/mol. The van der Waals surface area contributed by atoms with E-state index >= 15 is 0 Å². The summed E-state index contributed by atoms with van der Waals surface area (Å²) >= 11 is 0. The van der Waals surface area contributed by atoms with Crippen molar-refractivity contribution in [1.82, 2.24) is 4.90 Å². The molecule has 3 N–H and O–H groups in total. The van der Waals surface area contributed by atoms with Crippen LogP contribution in [0.25, 0.3) is 0 Å². The van der Waals surface area contributed by atoms with Gasteiger partial charge in [-0.2, -0.15) is 13.2 Å². The number of amidine groups is 1. The van der Waals surface area contributed by atoms with Crippen LogP contribution >= 0.6 is 0 Å². The van der Waals surface area contributed by atoms with Crippen LogP contribution in [0.5, 0.6) is 0 Å². The second-order valence-corrected chi connectivity index (χ2v) is 3.75. The molecule has 0 saturated carbocycles. The van der Waals surface area contributed by atoms with Crippen molar-refractivity contribution in [2.75, 3.05) is 26.7 Å². The summed E-state index contributed by atoms with van der Waals surface area (Å²) in [4.78, 5) is 1.44. The molecule has 1 aliphatic heterocycles. The van der Waals surface area contributed by atoms with Gasteiger partial charge in [0.2, 0.25) is 0 Å². The molecule has 8 heteroatoms. The Morgan fingerprint density at radius 1 is 1.62 bits per heavy atom. The zero-order chi connectivity index (χ0) is 12.4. The van der Waals surface area contributed by atoms with E-state index in [2.05, 4.69) is 9.89 Å². The van der Waals surface area contributed by atoms with E-state index in [-0.39, 0.29) is 31.9 Å². The number of oxime groups is 1. The van der Waals surface area contributed by atoms with E-state index in [1.807, 2.05) is 0 Å². The Bertz CT molecular complexity index is 282. The summed E-state index contributed by atoms with van der Waals surface area (Å²) in [7, 11) is 1.04. The van der Waals surface area contributed by atoms with E-state index in [4.69, 9.17) is 10.9 Å². The fourth-order valence-corrected chi connectivity index (χ4v) is 1.77. The zero-order valence-corrected chi connectivity index (χ0v) is 8.79. The molecule has 94 valence electrons. The van der Waals surface area contributed by atoms with Crippen molar-refractivity contribution in [3.05, 3.63) is 0 Å². The molecular formula is C8H14F3N3O2. The predicted molar refractivity (Wildman–Crippen MR) is 50.3 cm³/mol. The minimum Gasteiger partial charge on any atom is -0.409 e. The third-order valence-electron chi connectivity index (χ3n) is 2.73. The summed E-state index contributed by atoms with van der Waals surface area (Å²) in [5.41, 5.74) is 3.09. The third kappa shape index (κ3) is 2.38. The van der Waals surface area contributed by atoms with Crippen molar-refractivity contribution < 1.29 is 23.1 Å². The number of nitrogens with zero attached hydrogens (tertiary/aromatic N) is 2. The molecule has 0 aromatic carbocycles. The van der Waals surface area contributed by atoms with Crippen LogP contribution in [0.1, 0.15) is 6.42 Å². The molecule has 1 rings (SSSR count). The van der Waals surface area contributed by atoms with Crippen LogP contribution in [-0.2, 0) is 4.74 Å². The van der Waals surface area contributed by atoms with Gasteiger partial charge in [-0.15, -0.1) is 0 Å². The first kappa shape index (κ1) is 13.0. The molecule has 0 aromatic heterocycles. The Morgan fingerprint density at radius 2 is 2.25 bits per heavy atom. The lowest BCUT2D eigenvalue weighted by atomic mass is 10.0. The molecule has 0 bridgehead atoms. The lowest BCUT2D eigenvalue weighted by Crippen LogP contribution is -2.49. The van der Waals surface area contributed by atoms with Crippen molar-refractivity contribution in [2.24, 2.45) is 10.9 Å². The van der Waals surface area contributed by atoms with Gasteiger partial charge in [0, 0.05) is 20.2 Å². The lowest BCUT2D eigenvalue weighted by Gasteiger charge is -2.30. The van der Waals surface area contributed by atoms with Gasteiger partial charge in [0.25, 0.3) is 0 Å². The fourth-order valence-electron chi connectivity index (χ4n) is 1.77. The highest BCUT2D eigenvalue weighted by atomic mass is 19.4. The van der Waals surface area contributed by atoms with Crippen LogP contribution in [0.3, 0.4) is 0 Å². The summed E-state index contributed by atoms with van der Waals surface area (Å²) in [5.74, 6) is -0.117. The van der Waals surface area contributed by atoms with E-state index in [0.717, 1.165) is 7.11 Å². The molecule has 1 heterocycles. The van der Waals surface area contributed by atoms with Gasteiger partial charge < -0.3 is 15.7 Å². The minimum absolute atomic E-state index is 0.00229. The average Bonchev–Trinajstić information content (AvgIpc) is 2.61. The molecule has 0 amide bonds. The van der Waals surface area contributed by atoms with Gasteiger partial charge in [0.05, 0.1) is 6.54 Å². The Morgan fingerprint density at radius 3 is 2.62 bits per heavy atom. The molecule has 16 heavy (non-hydrogen) atoms. The molecular weight excluding hydrogens is 227 g/mol. The summed E-state index contributed by atoms with van der Waals surface area (Å²) in [6, 6.07) is 0. The van der Waals surface area contributed by atoms with Crippen molar-refractivity contribution in [1.29, 1.82) is 0 Å². The smallest absolute Gasteiger partial charge is 0.409 e. The molecule has 1 saturated heterocycles. The van der Waals surface area contributed by atoms with E-state index in [1.54, 1.807) is 0 Å². The number of nitrogens with two attached hydrogens (primary N) is 1. The molecule has 1 aliphatic rings. The molecule has 5 nitrogen and oxygen atoms in total. The summed E-state index contributed by atoms with van der Waals surface area (Å²) in [6.07, 6.45) is -4.56. The van der Waals surface area contributed by atoms with Crippen LogP contribution in [0.2, 0.25) is 0 Å². The van der Waals surface area contributed by atoms with Gasteiger partial charge in [-0.1, -0.05) is 5.16 Å². The Hall–Kier alpha value is -1.02. The fraction of sp³-hybridized carbons (Fsp3) is 0.875. The number of hydrogen-bond acceptors (Lipinski definition) is 4. The number of rotatable bonds is 3. The highest BCUT2D eigenvalue weighted by Gasteiger charge is 2.58. The molecule has 1 atom stereocenters. The van der Waals surface area contributed by atoms with Crippen LogP contribution in [0.15, 0.2) is 5.16 Å². The number of alkyl halides is 3. The average molecular weight is 241 g/mol. The molecule has 0 aromatic rings. The Balaban J connectivity index is 2.69. The van der Waals surface area contributed by atoms with Gasteiger partial charge in [-0.05, 0) is 6.42 Å². The maximum absolute atomic E-state index is 12.7. The van der Waals surface area contributed by atoms with Gasteiger partial charge in [0.1, 0.15) is 0 Å². The largest absolute Gasteiger partial charge is 0.418 e. The number of likely N-dealkylation sites (tertiary alicyclic amines) is 1. The van der Waals surface area contributed by atoms with E-state index < -0.39 is 11.8 Å². The van der Waals surface area contributed by atoms with Crippen LogP contribution in [0.4, 0.5) is 13.2 Å². The third-order valence-corrected chi connectivity index (χ3v) is 2.73. The lowest BCUT2D eigenvalue weighted by molar-refractivity contribution is -0.263. The molecule has 0 spiro atoms. The molecule has 0 aliphatic carbocycles. The maximum atomic E-state index is 12.7. The van der Waals surface area contributed by atoms with E-state index in [1.165, 1.54) is 4.90 Å². The first-order chi connectivity index (χ1) is 7.34. The number of hydrogen-bond donors (Lipinski definition) is 2. The standard InChI is InChI=1S/C8H14F3N3O2/c1-16-7(8(9,10)11)2-3-14(5-7)4-6(12)13-15/h15H,2-5H2,1H3,(H2,12,13)/t7-/m1/s1. The topological polar surface area (TPSA) is 71.1 Å². The first-order valence-electron chi connectivity index (χ1n) is 4.65. The van der Waals surface area contributed by atoms with Crippen LogP contribution < -0.4 is 5.73 Å².